The van der Waals surface area contributed by atoms with Crippen LogP contribution in [0.2, 0.25) is 0 Å². The summed E-state index contributed by atoms with van der Waals surface area (Å²) in [6.45, 7) is 11.3. The van der Waals surface area contributed by atoms with Gasteiger partial charge in [0.15, 0.2) is 11.0 Å². The Morgan fingerprint density at radius 3 is 2.72 bits per heavy atom. The number of aryl methyl sites for hydroxylation is 2. The number of hydrogen-bond donors (Lipinski definition) is 1. The highest BCUT2D eigenvalue weighted by Gasteiger charge is 2.20. The van der Waals surface area contributed by atoms with E-state index in [1.54, 1.807) is 11.3 Å². The minimum atomic E-state index is -0.0332. The zero-order valence-corrected chi connectivity index (χ0v) is 22.6. The van der Waals surface area contributed by atoms with Gasteiger partial charge >= 0.3 is 0 Å². The van der Waals surface area contributed by atoms with Crippen LogP contribution in [-0.4, -0.2) is 24.7 Å². The molecule has 0 aliphatic heterocycles. The van der Waals surface area contributed by atoms with Crippen LogP contribution < -0.4 is 10.3 Å². The van der Waals surface area contributed by atoms with Crippen molar-refractivity contribution < 1.29 is 4.74 Å². The molecule has 7 nitrogen and oxygen atoms in total. The molecule has 0 saturated carbocycles. The van der Waals surface area contributed by atoms with E-state index in [1.807, 2.05) is 22.8 Å². The number of aromatic amines is 1. The van der Waals surface area contributed by atoms with Crippen LogP contribution in [0.15, 0.2) is 46.9 Å². The molecule has 0 radical (unpaired) electrons. The highest BCUT2D eigenvalue weighted by Crippen LogP contribution is 2.34. The van der Waals surface area contributed by atoms with Crippen LogP contribution in [0, 0.1) is 0 Å². The van der Waals surface area contributed by atoms with Crippen molar-refractivity contribution in [1.82, 2.24) is 24.7 Å². The Balaban J connectivity index is 1.29. The maximum absolute atomic E-state index is 12.9. The van der Waals surface area contributed by atoms with Crippen molar-refractivity contribution in [2.45, 2.75) is 75.9 Å². The number of nitrogens with one attached hydrogen (secondary N) is 1. The summed E-state index contributed by atoms with van der Waals surface area (Å²) in [7, 11) is 0. The summed E-state index contributed by atoms with van der Waals surface area (Å²) in [6, 6.07) is 8.18. The molecular weight excluding hydrogens is 490 g/mol. The van der Waals surface area contributed by atoms with Crippen molar-refractivity contribution in [3.63, 3.8) is 0 Å². The molecule has 0 fully saturated rings. The minimum absolute atomic E-state index is 0.0332. The molecule has 1 N–H and O–H groups in total. The van der Waals surface area contributed by atoms with Gasteiger partial charge in [-0.1, -0.05) is 50.7 Å². The molecule has 0 spiro atoms. The lowest BCUT2D eigenvalue weighted by Crippen LogP contribution is -2.13. The predicted molar refractivity (Wildman–Crippen MR) is 146 cm³/mol. The number of benzene rings is 1. The molecule has 0 saturated heterocycles. The van der Waals surface area contributed by atoms with Gasteiger partial charge in [-0.15, -0.1) is 28.1 Å². The smallest absolute Gasteiger partial charge is 0.259 e. The van der Waals surface area contributed by atoms with Gasteiger partial charge in [0, 0.05) is 11.4 Å². The Bertz CT molecular complexity index is 1440. The SMILES string of the molecule is C=CCn1c(COc2ccc(C(C)(C)C)cc2)nnc1SCc1nc2sc3c(c2c(=O)[nH]1)CCCC3. The van der Waals surface area contributed by atoms with E-state index in [-0.39, 0.29) is 11.0 Å². The zero-order valence-electron chi connectivity index (χ0n) is 21.0. The quantitative estimate of drug-likeness (QED) is 0.233. The first-order valence-electron chi connectivity index (χ1n) is 12.3. The summed E-state index contributed by atoms with van der Waals surface area (Å²) in [6.07, 6.45) is 6.18. The molecule has 0 atom stereocenters. The van der Waals surface area contributed by atoms with Crippen LogP contribution in [0.5, 0.6) is 5.75 Å². The van der Waals surface area contributed by atoms with Gasteiger partial charge < -0.3 is 9.72 Å². The van der Waals surface area contributed by atoms with E-state index in [9.17, 15) is 4.79 Å². The van der Waals surface area contributed by atoms with Crippen LogP contribution in [0.1, 0.15) is 61.3 Å². The number of rotatable bonds is 8. The minimum Gasteiger partial charge on any atom is -0.486 e. The lowest BCUT2D eigenvalue weighted by atomic mass is 9.87. The first-order valence-corrected chi connectivity index (χ1v) is 14.1. The van der Waals surface area contributed by atoms with Gasteiger partial charge in [0.25, 0.3) is 5.56 Å². The van der Waals surface area contributed by atoms with E-state index >= 15 is 0 Å². The first-order chi connectivity index (χ1) is 17.3. The number of aromatic nitrogens is 5. The molecule has 0 amide bonds. The van der Waals surface area contributed by atoms with Gasteiger partial charge in [-0.2, -0.15) is 0 Å². The van der Waals surface area contributed by atoms with E-state index in [0.717, 1.165) is 46.2 Å². The fourth-order valence-corrected chi connectivity index (χ4v) is 6.57. The summed E-state index contributed by atoms with van der Waals surface area (Å²) in [4.78, 5) is 22.8. The molecule has 36 heavy (non-hydrogen) atoms. The summed E-state index contributed by atoms with van der Waals surface area (Å²) in [5, 5.41) is 10.3. The van der Waals surface area contributed by atoms with E-state index < -0.39 is 0 Å². The third-order valence-corrected chi connectivity index (χ3v) is 8.57. The second kappa shape index (κ2) is 10.2. The molecule has 3 heterocycles. The van der Waals surface area contributed by atoms with Gasteiger partial charge in [0.2, 0.25) is 0 Å². The molecular formula is C27H31N5O2S2. The summed E-state index contributed by atoms with van der Waals surface area (Å²) in [5.41, 5.74) is 2.53. The molecule has 9 heteroatoms. The van der Waals surface area contributed by atoms with Crippen molar-refractivity contribution in [2.75, 3.05) is 0 Å². The molecule has 1 aliphatic rings. The van der Waals surface area contributed by atoms with E-state index in [1.165, 1.54) is 34.2 Å². The Morgan fingerprint density at radius 1 is 1.19 bits per heavy atom. The van der Waals surface area contributed by atoms with Gasteiger partial charge in [-0.05, 0) is 54.4 Å². The lowest BCUT2D eigenvalue weighted by Gasteiger charge is -2.19. The molecule has 3 aromatic heterocycles. The topological polar surface area (TPSA) is 85.7 Å². The molecule has 188 valence electrons. The first kappa shape index (κ1) is 24.8. The maximum Gasteiger partial charge on any atom is 0.259 e. The number of allylic oxidation sites excluding steroid dienone is 1. The van der Waals surface area contributed by atoms with Gasteiger partial charge in [-0.25, -0.2) is 4.98 Å². The van der Waals surface area contributed by atoms with Gasteiger partial charge in [-0.3, -0.25) is 9.36 Å². The van der Waals surface area contributed by atoms with Crippen molar-refractivity contribution in [3.8, 4) is 5.75 Å². The third-order valence-electron chi connectivity index (χ3n) is 6.41. The lowest BCUT2D eigenvalue weighted by molar-refractivity contribution is 0.289. The van der Waals surface area contributed by atoms with Crippen molar-refractivity contribution in [2.24, 2.45) is 0 Å². The number of thiophene rings is 1. The molecule has 5 rings (SSSR count). The number of H-pyrrole nitrogens is 1. The average Bonchev–Trinajstić information content (AvgIpc) is 3.42. The number of hydrogen-bond acceptors (Lipinski definition) is 7. The van der Waals surface area contributed by atoms with Crippen molar-refractivity contribution in [3.05, 3.63) is 74.9 Å². The molecule has 1 aliphatic carbocycles. The van der Waals surface area contributed by atoms with Gasteiger partial charge in [0.05, 0.1) is 11.1 Å². The molecule has 0 bridgehead atoms. The Morgan fingerprint density at radius 2 is 1.97 bits per heavy atom. The highest BCUT2D eigenvalue weighted by atomic mass is 32.2. The van der Waals surface area contributed by atoms with Crippen molar-refractivity contribution in [1.29, 1.82) is 0 Å². The monoisotopic (exact) mass is 521 g/mol. The number of thioether (sulfide) groups is 1. The van der Waals surface area contributed by atoms with Crippen LogP contribution in [0.25, 0.3) is 10.2 Å². The Hall–Kier alpha value is -2.91. The molecule has 0 unspecified atom stereocenters. The predicted octanol–water partition coefficient (Wildman–Crippen LogP) is 5.81. The largest absolute Gasteiger partial charge is 0.486 e. The van der Waals surface area contributed by atoms with E-state index in [2.05, 4.69) is 54.7 Å². The molecule has 1 aromatic carbocycles. The Kier molecular flexibility index (Phi) is 7.03. The van der Waals surface area contributed by atoms with Crippen LogP contribution in [0.3, 0.4) is 0 Å². The molecule has 4 aromatic rings. The fraction of sp³-hybridized carbons (Fsp3) is 0.407. The normalized spacial score (nSPS) is 13.6. The summed E-state index contributed by atoms with van der Waals surface area (Å²) in [5.74, 6) is 2.67. The standard InChI is InChI=1S/C27H31N5O2S2/c1-5-14-32-22(15-34-18-12-10-17(11-13-18)27(2,3)4)30-31-26(32)35-16-21-28-24(33)23-19-8-6-7-9-20(19)36-25(23)29-21/h5,10-13H,1,6-9,14-16H2,2-4H3,(H,28,29,33). The van der Waals surface area contributed by atoms with Crippen LogP contribution >= 0.6 is 23.1 Å². The van der Waals surface area contributed by atoms with E-state index in [4.69, 9.17) is 9.72 Å². The number of ether oxygens (including phenoxy) is 1. The van der Waals surface area contributed by atoms with Crippen LogP contribution in [-0.2, 0) is 37.2 Å². The zero-order chi connectivity index (χ0) is 25.3. The third kappa shape index (κ3) is 5.13. The summed E-state index contributed by atoms with van der Waals surface area (Å²) < 4.78 is 7.99. The van der Waals surface area contributed by atoms with Crippen molar-refractivity contribution >= 4 is 33.3 Å². The van der Waals surface area contributed by atoms with Crippen LogP contribution in [0.4, 0.5) is 0 Å². The maximum atomic E-state index is 12.9. The average molecular weight is 522 g/mol. The number of nitrogens with zero attached hydrogens (tertiary/aromatic N) is 4. The Labute approximate surface area is 219 Å². The number of fused-ring (bicyclic) bond motifs is 3. The highest BCUT2D eigenvalue weighted by molar-refractivity contribution is 7.98. The van der Waals surface area contributed by atoms with Gasteiger partial charge in [0.1, 0.15) is 23.0 Å². The second-order valence-electron chi connectivity index (χ2n) is 10.1. The fourth-order valence-electron chi connectivity index (χ4n) is 4.45. The summed E-state index contributed by atoms with van der Waals surface area (Å²) >= 11 is 3.17. The second-order valence-corrected chi connectivity index (χ2v) is 12.1. The van der Waals surface area contributed by atoms with E-state index in [0.29, 0.717) is 24.7 Å².